The maximum Gasteiger partial charge on any atom is 0.509 e. The van der Waals surface area contributed by atoms with E-state index in [1.54, 1.807) is 0 Å². The molecule has 2 fully saturated rings. The zero-order valence-corrected chi connectivity index (χ0v) is 12.2. The highest BCUT2D eigenvalue weighted by Crippen LogP contribution is 2.33. The lowest BCUT2D eigenvalue weighted by atomic mass is 10.1. The molecule has 102 valence electrons. The molecule has 1 aromatic rings. The summed E-state index contributed by atoms with van der Waals surface area (Å²) in [5.41, 5.74) is 1.05. The first-order valence-electron chi connectivity index (χ1n) is 6.02. The largest absolute Gasteiger partial charge is 0.509 e. The van der Waals surface area contributed by atoms with Crippen molar-refractivity contribution in [3.05, 3.63) is 35.9 Å². The summed E-state index contributed by atoms with van der Waals surface area (Å²) < 4.78 is 22.3. The number of rotatable bonds is 4. The molecule has 2 aliphatic heterocycles. The summed E-state index contributed by atoms with van der Waals surface area (Å²) in [4.78, 5) is 11.2. The number of halogens is 1. The van der Waals surface area contributed by atoms with Gasteiger partial charge in [-0.05, 0) is 5.56 Å². The minimum Gasteiger partial charge on any atom is -0.424 e. The van der Waals surface area contributed by atoms with E-state index in [0.717, 1.165) is 9.99 Å². The summed E-state index contributed by atoms with van der Waals surface area (Å²) in [6.45, 7) is 0.417. The van der Waals surface area contributed by atoms with Gasteiger partial charge in [0.25, 0.3) is 0 Å². The van der Waals surface area contributed by atoms with E-state index in [0.29, 0.717) is 6.61 Å². The van der Waals surface area contributed by atoms with Gasteiger partial charge in [-0.3, -0.25) is 0 Å². The second-order valence-corrected chi connectivity index (χ2v) is 5.29. The Labute approximate surface area is 124 Å². The molecule has 1 aromatic carbocycles. The van der Waals surface area contributed by atoms with Crippen molar-refractivity contribution in [3.8, 4) is 0 Å². The molecule has 0 spiro atoms. The number of benzene rings is 1. The number of ether oxygens (including phenoxy) is 4. The van der Waals surface area contributed by atoms with E-state index in [2.05, 4.69) is 22.6 Å². The lowest BCUT2D eigenvalue weighted by Crippen LogP contribution is -2.31. The molecule has 0 aromatic heterocycles. The van der Waals surface area contributed by atoms with E-state index < -0.39 is 18.5 Å². The number of alkyl halides is 1. The Hall–Kier alpha value is -0.860. The third kappa shape index (κ3) is 2.70. The number of fused-ring (bicyclic) bond motifs is 1. The van der Waals surface area contributed by atoms with Gasteiger partial charge in [0.05, 0.1) is 6.61 Å². The lowest BCUT2D eigenvalue weighted by Gasteiger charge is -2.16. The molecule has 0 radical (unpaired) electrons. The van der Waals surface area contributed by atoms with Crippen molar-refractivity contribution in [2.75, 3.05) is 4.43 Å². The van der Waals surface area contributed by atoms with Crippen LogP contribution in [0.1, 0.15) is 5.56 Å². The molecule has 2 aliphatic rings. The zero-order chi connectivity index (χ0) is 13.2. The van der Waals surface area contributed by atoms with Gasteiger partial charge in [0.2, 0.25) is 0 Å². The summed E-state index contributed by atoms with van der Waals surface area (Å²) in [6, 6.07) is 9.79. The molecule has 3 rings (SSSR count). The summed E-state index contributed by atoms with van der Waals surface area (Å²) in [5, 5.41) is 0. The van der Waals surface area contributed by atoms with Crippen LogP contribution in [0.4, 0.5) is 4.79 Å². The summed E-state index contributed by atoms with van der Waals surface area (Å²) in [6.07, 6.45) is -2.18. The van der Waals surface area contributed by atoms with Gasteiger partial charge in [0.1, 0.15) is 6.10 Å². The highest BCUT2D eigenvalue weighted by atomic mass is 127. The third-order valence-electron chi connectivity index (χ3n) is 3.14. The van der Waals surface area contributed by atoms with Gasteiger partial charge in [0, 0.05) is 4.43 Å². The van der Waals surface area contributed by atoms with Crippen LogP contribution in [-0.4, -0.2) is 35.2 Å². The smallest absolute Gasteiger partial charge is 0.424 e. The van der Waals surface area contributed by atoms with Crippen LogP contribution in [-0.2, 0) is 25.6 Å². The van der Waals surface area contributed by atoms with Crippen molar-refractivity contribution < 1.29 is 23.7 Å². The maximum absolute atomic E-state index is 11.2. The fraction of sp³-hybridized carbons (Fsp3) is 0.462. The van der Waals surface area contributed by atoms with Crippen LogP contribution in [0, 0.1) is 0 Å². The minimum atomic E-state index is -0.638. The fourth-order valence-electron chi connectivity index (χ4n) is 2.22. The monoisotopic (exact) mass is 376 g/mol. The van der Waals surface area contributed by atoms with E-state index in [9.17, 15) is 4.79 Å². The van der Waals surface area contributed by atoms with E-state index in [1.807, 2.05) is 30.3 Å². The number of hydrogen-bond acceptors (Lipinski definition) is 5. The Morgan fingerprint density at radius 1 is 1.16 bits per heavy atom. The van der Waals surface area contributed by atoms with Gasteiger partial charge >= 0.3 is 6.16 Å². The van der Waals surface area contributed by atoms with Gasteiger partial charge in [-0.25, -0.2) is 4.79 Å². The van der Waals surface area contributed by atoms with Crippen molar-refractivity contribution in [1.29, 1.82) is 0 Å². The topological polar surface area (TPSA) is 54.0 Å². The average Bonchev–Trinajstić information content (AvgIpc) is 2.95. The standard InChI is InChI=1S/C13H13IO5/c14-6-9-10-11(19-13(15)18-10)12(17-9)16-7-8-4-2-1-3-5-8/h1-5,9-12H,6-7H2/t9-,10-,11-,12-/m1/s1. The van der Waals surface area contributed by atoms with Crippen molar-refractivity contribution in [1.82, 2.24) is 0 Å². The molecule has 2 saturated heterocycles. The molecule has 0 aliphatic carbocycles. The normalized spacial score (nSPS) is 32.8. The average molecular weight is 376 g/mol. The summed E-state index contributed by atoms with van der Waals surface area (Å²) >= 11 is 2.20. The van der Waals surface area contributed by atoms with Crippen molar-refractivity contribution in [2.24, 2.45) is 0 Å². The van der Waals surface area contributed by atoms with Crippen LogP contribution in [0.3, 0.4) is 0 Å². The number of hydrogen-bond donors (Lipinski definition) is 0. The molecule has 5 nitrogen and oxygen atoms in total. The first-order chi connectivity index (χ1) is 9.28. The molecule has 0 amide bonds. The van der Waals surface area contributed by atoms with Crippen LogP contribution in [0.25, 0.3) is 0 Å². The predicted octanol–water partition coefficient (Wildman–Crippen LogP) is 2.27. The highest BCUT2D eigenvalue weighted by molar-refractivity contribution is 14.1. The quantitative estimate of drug-likeness (QED) is 0.459. The van der Waals surface area contributed by atoms with Crippen molar-refractivity contribution >= 4 is 28.7 Å². The van der Waals surface area contributed by atoms with E-state index in [4.69, 9.17) is 18.9 Å². The molecule has 4 atom stereocenters. The van der Waals surface area contributed by atoms with Crippen LogP contribution in [0.5, 0.6) is 0 Å². The number of carbonyl (C=O) groups is 1. The molecule has 0 unspecified atom stereocenters. The van der Waals surface area contributed by atoms with Crippen LogP contribution in [0.2, 0.25) is 0 Å². The Morgan fingerprint density at radius 2 is 1.89 bits per heavy atom. The second kappa shape index (κ2) is 5.64. The number of carbonyl (C=O) groups excluding carboxylic acids is 1. The van der Waals surface area contributed by atoms with E-state index in [1.165, 1.54) is 0 Å². The fourth-order valence-corrected chi connectivity index (χ4v) is 2.93. The van der Waals surface area contributed by atoms with Gasteiger partial charge in [-0.1, -0.05) is 52.9 Å². The second-order valence-electron chi connectivity index (χ2n) is 4.41. The Kier molecular flexibility index (Phi) is 3.90. The lowest BCUT2D eigenvalue weighted by molar-refractivity contribution is -0.169. The molecule has 6 heteroatoms. The van der Waals surface area contributed by atoms with Gasteiger partial charge in [0.15, 0.2) is 18.5 Å². The Balaban J connectivity index is 1.63. The van der Waals surface area contributed by atoms with Crippen LogP contribution >= 0.6 is 22.6 Å². The van der Waals surface area contributed by atoms with Crippen LogP contribution < -0.4 is 0 Å². The van der Waals surface area contributed by atoms with Gasteiger partial charge < -0.3 is 18.9 Å². The van der Waals surface area contributed by atoms with Crippen LogP contribution in [0.15, 0.2) is 30.3 Å². The molecular weight excluding hydrogens is 363 g/mol. The summed E-state index contributed by atoms with van der Waals surface area (Å²) in [5.74, 6) is 0. The first-order valence-corrected chi connectivity index (χ1v) is 7.54. The molecular formula is C13H13IO5. The van der Waals surface area contributed by atoms with Crippen molar-refractivity contribution in [3.63, 3.8) is 0 Å². The molecule has 2 heterocycles. The Morgan fingerprint density at radius 3 is 2.63 bits per heavy atom. The van der Waals surface area contributed by atoms with E-state index >= 15 is 0 Å². The molecule has 0 bridgehead atoms. The highest BCUT2D eigenvalue weighted by Gasteiger charge is 2.54. The Bertz CT molecular complexity index is 452. The first kappa shape index (κ1) is 13.1. The van der Waals surface area contributed by atoms with E-state index in [-0.39, 0.29) is 12.2 Å². The zero-order valence-electron chi connectivity index (χ0n) is 10.0. The third-order valence-corrected chi connectivity index (χ3v) is 4.01. The maximum atomic E-state index is 11.2. The molecule has 19 heavy (non-hydrogen) atoms. The summed E-state index contributed by atoms with van der Waals surface area (Å²) in [7, 11) is 0. The van der Waals surface area contributed by atoms with Gasteiger partial charge in [-0.2, -0.15) is 0 Å². The molecule has 0 saturated carbocycles. The van der Waals surface area contributed by atoms with Crippen molar-refractivity contribution in [2.45, 2.75) is 31.2 Å². The molecule has 0 N–H and O–H groups in total. The predicted molar refractivity (Wildman–Crippen MR) is 73.9 cm³/mol. The SMILES string of the molecule is O=C1O[C@H]2[C@H](OCc3ccccc3)O[C@H](CI)[C@H]2O1. The minimum absolute atomic E-state index is 0.169. The van der Waals surface area contributed by atoms with Gasteiger partial charge in [-0.15, -0.1) is 0 Å².